The van der Waals surface area contributed by atoms with E-state index in [0.717, 1.165) is 5.56 Å². The first kappa shape index (κ1) is 19.8. The fourth-order valence-electron chi connectivity index (χ4n) is 2.65. The molecule has 4 nitrogen and oxygen atoms in total. The average Bonchev–Trinajstić information content (AvgIpc) is 2.61. The zero-order valence-electron chi connectivity index (χ0n) is 16.5. The predicted molar refractivity (Wildman–Crippen MR) is 105 cm³/mol. The van der Waals surface area contributed by atoms with Gasteiger partial charge in [-0.1, -0.05) is 57.2 Å². The highest BCUT2D eigenvalue weighted by Gasteiger charge is 2.20. The number of para-hydroxylation sites is 2. The second-order valence-electron chi connectivity index (χ2n) is 7.51. The number of methoxy groups -OCH3 is 1. The van der Waals surface area contributed by atoms with Crippen LogP contribution in [-0.4, -0.2) is 19.1 Å². The molecule has 0 bridgehead atoms. The van der Waals surface area contributed by atoms with Crippen molar-refractivity contribution in [2.75, 3.05) is 7.11 Å². The monoisotopic (exact) mass is 355 g/mol. The van der Waals surface area contributed by atoms with Crippen LogP contribution in [0.4, 0.5) is 0 Å². The topological polar surface area (TPSA) is 47.6 Å². The van der Waals surface area contributed by atoms with E-state index in [4.69, 9.17) is 9.47 Å². The Balaban J connectivity index is 1.99. The summed E-state index contributed by atoms with van der Waals surface area (Å²) in [6, 6.07) is 15.6. The summed E-state index contributed by atoms with van der Waals surface area (Å²) in [7, 11) is 1.58. The first-order chi connectivity index (χ1) is 12.2. The van der Waals surface area contributed by atoms with E-state index in [-0.39, 0.29) is 17.4 Å². The van der Waals surface area contributed by atoms with E-state index in [1.807, 2.05) is 19.1 Å². The normalized spacial score (nSPS) is 13.6. The number of rotatable bonds is 6. The Hall–Kier alpha value is -2.49. The van der Waals surface area contributed by atoms with Crippen molar-refractivity contribution in [1.82, 2.24) is 5.32 Å². The largest absolute Gasteiger partial charge is 0.493 e. The zero-order chi connectivity index (χ0) is 19.3. The molecule has 4 heteroatoms. The summed E-state index contributed by atoms with van der Waals surface area (Å²) in [5.41, 5.74) is 2.45. The van der Waals surface area contributed by atoms with Crippen LogP contribution in [0.2, 0.25) is 0 Å². The number of hydrogen-bond donors (Lipinski definition) is 1. The van der Waals surface area contributed by atoms with Gasteiger partial charge < -0.3 is 14.8 Å². The van der Waals surface area contributed by atoms with E-state index in [1.165, 1.54) is 5.56 Å². The molecule has 2 atom stereocenters. The zero-order valence-corrected chi connectivity index (χ0v) is 16.5. The standard InChI is InChI=1S/C22H29NO3/c1-15(17-11-13-18(14-12-17)22(3,4)5)23-21(24)16(2)26-20-10-8-7-9-19(20)25-6/h7-16H,1-6H3,(H,23,24)/t15-,16-/m0/s1. The highest BCUT2D eigenvalue weighted by atomic mass is 16.5. The van der Waals surface area contributed by atoms with Crippen molar-refractivity contribution >= 4 is 5.91 Å². The summed E-state index contributed by atoms with van der Waals surface area (Å²) in [6.07, 6.45) is -0.623. The molecule has 140 valence electrons. The lowest BCUT2D eigenvalue weighted by molar-refractivity contribution is -0.127. The number of amides is 1. The van der Waals surface area contributed by atoms with Crippen LogP contribution >= 0.6 is 0 Å². The van der Waals surface area contributed by atoms with Gasteiger partial charge in [0.15, 0.2) is 17.6 Å². The first-order valence-corrected chi connectivity index (χ1v) is 8.93. The molecule has 1 N–H and O–H groups in total. The van der Waals surface area contributed by atoms with E-state index < -0.39 is 6.10 Å². The molecule has 0 aromatic heterocycles. The lowest BCUT2D eigenvalue weighted by atomic mass is 9.86. The van der Waals surface area contributed by atoms with Crippen molar-refractivity contribution in [3.63, 3.8) is 0 Å². The molecule has 0 aliphatic heterocycles. The highest BCUT2D eigenvalue weighted by molar-refractivity contribution is 5.81. The maximum atomic E-state index is 12.5. The summed E-state index contributed by atoms with van der Waals surface area (Å²) in [4.78, 5) is 12.5. The molecule has 1 amide bonds. The van der Waals surface area contributed by atoms with Crippen molar-refractivity contribution in [2.24, 2.45) is 0 Å². The maximum absolute atomic E-state index is 12.5. The minimum atomic E-state index is -0.623. The molecule has 0 unspecified atom stereocenters. The van der Waals surface area contributed by atoms with Gasteiger partial charge in [0.2, 0.25) is 0 Å². The molecule has 0 aliphatic carbocycles. The molecule has 0 saturated heterocycles. The molecular weight excluding hydrogens is 326 g/mol. The Morgan fingerprint density at radius 3 is 2.08 bits per heavy atom. The number of benzene rings is 2. The summed E-state index contributed by atoms with van der Waals surface area (Å²) in [6.45, 7) is 10.3. The molecule has 2 aromatic rings. The number of hydrogen-bond acceptors (Lipinski definition) is 3. The Labute approximate surface area is 156 Å². The summed E-state index contributed by atoms with van der Waals surface area (Å²) >= 11 is 0. The second kappa shape index (κ2) is 8.26. The predicted octanol–water partition coefficient (Wildman–Crippen LogP) is 4.64. The highest BCUT2D eigenvalue weighted by Crippen LogP contribution is 2.27. The summed E-state index contributed by atoms with van der Waals surface area (Å²) in [5.74, 6) is 1.00. The van der Waals surface area contributed by atoms with Crippen molar-refractivity contribution < 1.29 is 14.3 Å². The van der Waals surface area contributed by atoms with E-state index >= 15 is 0 Å². The van der Waals surface area contributed by atoms with E-state index in [0.29, 0.717) is 11.5 Å². The summed E-state index contributed by atoms with van der Waals surface area (Å²) < 4.78 is 11.0. The molecule has 0 aliphatic rings. The fraction of sp³-hybridized carbons (Fsp3) is 0.409. The van der Waals surface area contributed by atoms with Crippen LogP contribution in [0.5, 0.6) is 11.5 Å². The molecule has 0 saturated carbocycles. The second-order valence-corrected chi connectivity index (χ2v) is 7.51. The number of carbonyl (C=O) groups excluding carboxylic acids is 1. The van der Waals surface area contributed by atoms with Gasteiger partial charge in [-0.3, -0.25) is 4.79 Å². The Kier molecular flexibility index (Phi) is 6.30. The van der Waals surface area contributed by atoms with Crippen molar-refractivity contribution in [3.05, 3.63) is 59.7 Å². The third-order valence-corrected chi connectivity index (χ3v) is 4.38. The van der Waals surface area contributed by atoms with E-state index in [1.54, 1.807) is 26.2 Å². The Bertz CT molecular complexity index is 732. The fourth-order valence-corrected chi connectivity index (χ4v) is 2.65. The van der Waals surface area contributed by atoms with Gasteiger partial charge in [-0.2, -0.15) is 0 Å². The third kappa shape index (κ3) is 5.01. The van der Waals surface area contributed by atoms with Crippen LogP contribution in [0.25, 0.3) is 0 Å². The third-order valence-electron chi connectivity index (χ3n) is 4.38. The molecule has 26 heavy (non-hydrogen) atoms. The molecule has 0 spiro atoms. The van der Waals surface area contributed by atoms with Gasteiger partial charge >= 0.3 is 0 Å². The number of ether oxygens (including phenoxy) is 2. The molecule has 2 rings (SSSR count). The molecule has 0 radical (unpaired) electrons. The lowest BCUT2D eigenvalue weighted by Gasteiger charge is -2.22. The van der Waals surface area contributed by atoms with Gasteiger partial charge in [0.05, 0.1) is 13.2 Å². The van der Waals surface area contributed by atoms with Crippen LogP contribution in [0.3, 0.4) is 0 Å². The molecule has 0 heterocycles. The minimum absolute atomic E-state index is 0.0970. The quantitative estimate of drug-likeness (QED) is 0.821. The number of nitrogens with one attached hydrogen (secondary N) is 1. The van der Waals surface area contributed by atoms with Crippen molar-refractivity contribution in [3.8, 4) is 11.5 Å². The van der Waals surface area contributed by atoms with E-state index in [9.17, 15) is 4.79 Å². The Morgan fingerprint density at radius 1 is 0.962 bits per heavy atom. The first-order valence-electron chi connectivity index (χ1n) is 8.93. The van der Waals surface area contributed by atoms with Gasteiger partial charge in [0.1, 0.15) is 0 Å². The molecule has 0 fully saturated rings. The van der Waals surface area contributed by atoms with Gasteiger partial charge in [-0.05, 0) is 42.5 Å². The van der Waals surface area contributed by atoms with Gasteiger partial charge in [-0.15, -0.1) is 0 Å². The van der Waals surface area contributed by atoms with Crippen LogP contribution in [-0.2, 0) is 10.2 Å². The van der Waals surface area contributed by atoms with Gasteiger partial charge in [0, 0.05) is 0 Å². The SMILES string of the molecule is COc1ccccc1O[C@@H](C)C(=O)N[C@@H](C)c1ccc(C(C)(C)C)cc1. The van der Waals surface area contributed by atoms with Gasteiger partial charge in [-0.25, -0.2) is 0 Å². The molecular formula is C22H29NO3. The van der Waals surface area contributed by atoms with Crippen molar-refractivity contribution in [2.45, 2.75) is 52.2 Å². The smallest absolute Gasteiger partial charge is 0.261 e. The molecule has 2 aromatic carbocycles. The average molecular weight is 355 g/mol. The number of carbonyl (C=O) groups is 1. The van der Waals surface area contributed by atoms with Crippen LogP contribution in [0.1, 0.15) is 51.8 Å². The van der Waals surface area contributed by atoms with Crippen LogP contribution in [0, 0.1) is 0 Å². The Morgan fingerprint density at radius 2 is 1.54 bits per heavy atom. The summed E-state index contributed by atoms with van der Waals surface area (Å²) in [5, 5.41) is 3.01. The minimum Gasteiger partial charge on any atom is -0.493 e. The van der Waals surface area contributed by atoms with Crippen LogP contribution < -0.4 is 14.8 Å². The van der Waals surface area contributed by atoms with Gasteiger partial charge in [0.25, 0.3) is 5.91 Å². The van der Waals surface area contributed by atoms with Crippen molar-refractivity contribution in [1.29, 1.82) is 0 Å². The maximum Gasteiger partial charge on any atom is 0.261 e. The van der Waals surface area contributed by atoms with E-state index in [2.05, 4.69) is 50.4 Å². The van der Waals surface area contributed by atoms with Crippen LogP contribution in [0.15, 0.2) is 48.5 Å². The lowest BCUT2D eigenvalue weighted by Crippen LogP contribution is -2.37.